The molecule has 0 N–H and O–H groups in total. The average Bonchev–Trinajstić information content (AvgIpc) is 3.54. The molecule has 0 fully saturated rings. The van der Waals surface area contributed by atoms with Gasteiger partial charge in [-0.25, -0.2) is 0 Å². The molecule has 0 saturated heterocycles. The summed E-state index contributed by atoms with van der Waals surface area (Å²) in [5.74, 6) is 0. The molecular weight excluding hydrogens is 882 g/mol. The molecule has 12 rings (SSSR count). The molecule has 0 aromatic heterocycles. The maximum atomic E-state index is 2.74. The maximum absolute atomic E-state index is 2.74. The summed E-state index contributed by atoms with van der Waals surface area (Å²) in [7, 11) is 0. The number of rotatable bonds is 6. The van der Waals surface area contributed by atoms with Crippen molar-refractivity contribution in [1.29, 1.82) is 0 Å². The van der Waals surface area contributed by atoms with Crippen LogP contribution >= 0.6 is 0 Å². The van der Waals surface area contributed by atoms with Gasteiger partial charge in [-0.1, -0.05) is 173 Å². The molecule has 0 amide bonds. The van der Waals surface area contributed by atoms with Gasteiger partial charge >= 0.3 is 0 Å². The zero-order valence-corrected chi connectivity index (χ0v) is 45.6. The molecule has 0 radical (unpaired) electrons. The molecule has 3 nitrogen and oxygen atoms in total. The van der Waals surface area contributed by atoms with Crippen LogP contribution in [0, 0.1) is 13.8 Å². The summed E-state index contributed by atoms with van der Waals surface area (Å²) in [6.45, 7) is 31.6. The van der Waals surface area contributed by atoms with E-state index in [1.165, 1.54) is 113 Å². The molecule has 0 bridgehead atoms. The summed E-state index contributed by atoms with van der Waals surface area (Å²) in [5, 5.41) is 0. The Balaban J connectivity index is 1.22. The molecule has 2 heterocycles. The Morgan fingerprint density at radius 2 is 0.904 bits per heavy atom. The zero-order valence-electron chi connectivity index (χ0n) is 45.6. The largest absolute Gasteiger partial charge is 0.311 e. The Labute approximate surface area is 437 Å². The SMILES string of the molecule is Cc1ccc(-c2ccccc2)cc1N1c2cc(N(c3ccccc3)c3ccccc3)ccc2B2c3cc4c(cc3N(c3cc5c(cc3C)C(C)(C)CCC5(C)C)c3cc(C(C)(C)C)cc1c32)C(C)(C)CC4(C)C. The van der Waals surface area contributed by atoms with Crippen LogP contribution in [0.4, 0.5) is 51.2 Å². The lowest BCUT2D eigenvalue weighted by Gasteiger charge is -2.47. The predicted molar refractivity (Wildman–Crippen MR) is 315 cm³/mol. The van der Waals surface area contributed by atoms with Crippen LogP contribution in [0.2, 0.25) is 0 Å². The van der Waals surface area contributed by atoms with Crippen LogP contribution in [-0.4, -0.2) is 6.71 Å². The summed E-state index contributed by atoms with van der Waals surface area (Å²) < 4.78 is 0. The van der Waals surface area contributed by atoms with Crippen molar-refractivity contribution in [3.05, 3.63) is 203 Å². The van der Waals surface area contributed by atoms with E-state index in [4.69, 9.17) is 0 Å². The van der Waals surface area contributed by atoms with Crippen LogP contribution in [0.5, 0.6) is 0 Å². The quantitative estimate of drug-likeness (QED) is 0.154. The van der Waals surface area contributed by atoms with E-state index in [0.29, 0.717) is 0 Å². The fraction of sp³-hybridized carbons (Fsp3) is 0.304. The summed E-state index contributed by atoms with van der Waals surface area (Å²) in [6, 6.07) is 62.8. The van der Waals surface area contributed by atoms with Gasteiger partial charge in [0.05, 0.1) is 0 Å². The third-order valence-corrected chi connectivity index (χ3v) is 17.7. The van der Waals surface area contributed by atoms with Crippen molar-refractivity contribution in [3.63, 3.8) is 0 Å². The molecular formula is C69H72BN3. The van der Waals surface area contributed by atoms with E-state index in [2.05, 4.69) is 269 Å². The zero-order chi connectivity index (χ0) is 51.1. The number of hydrogen-bond donors (Lipinski definition) is 0. The molecule has 4 aliphatic rings. The van der Waals surface area contributed by atoms with E-state index in [0.717, 1.165) is 23.5 Å². The van der Waals surface area contributed by atoms with E-state index < -0.39 is 0 Å². The molecule has 366 valence electrons. The number of benzene rings is 8. The molecule has 4 heteroatoms. The van der Waals surface area contributed by atoms with E-state index in [1.807, 2.05) is 0 Å². The molecule has 2 aliphatic carbocycles. The second-order valence-electron chi connectivity index (χ2n) is 25.8. The molecule has 0 saturated carbocycles. The minimum absolute atomic E-state index is 0.0173. The first-order chi connectivity index (χ1) is 34.6. The van der Waals surface area contributed by atoms with Crippen LogP contribution in [0.25, 0.3) is 11.1 Å². The highest BCUT2D eigenvalue weighted by Gasteiger charge is 2.49. The van der Waals surface area contributed by atoms with E-state index in [1.54, 1.807) is 0 Å². The maximum Gasteiger partial charge on any atom is 0.252 e. The Kier molecular flexibility index (Phi) is 10.6. The molecule has 8 aromatic rings. The van der Waals surface area contributed by atoms with Gasteiger partial charge in [0.2, 0.25) is 0 Å². The second kappa shape index (κ2) is 16.4. The van der Waals surface area contributed by atoms with Crippen molar-refractivity contribution in [2.24, 2.45) is 0 Å². The predicted octanol–water partition coefficient (Wildman–Crippen LogP) is 17.1. The molecule has 2 aliphatic heterocycles. The first-order valence-corrected chi connectivity index (χ1v) is 27.0. The van der Waals surface area contributed by atoms with Crippen molar-refractivity contribution in [2.45, 2.75) is 136 Å². The van der Waals surface area contributed by atoms with Gasteiger partial charge in [0.15, 0.2) is 0 Å². The van der Waals surface area contributed by atoms with Gasteiger partial charge in [-0.2, -0.15) is 0 Å². The van der Waals surface area contributed by atoms with Crippen molar-refractivity contribution >= 4 is 74.3 Å². The highest BCUT2D eigenvalue weighted by Crippen LogP contribution is 2.55. The smallest absolute Gasteiger partial charge is 0.252 e. The average molecular weight is 954 g/mol. The lowest BCUT2D eigenvalue weighted by atomic mass is 9.33. The lowest BCUT2D eigenvalue weighted by molar-refractivity contribution is 0.332. The second-order valence-corrected chi connectivity index (χ2v) is 25.8. The standard InChI is InChI=1S/C69H72BN3/c1-44-29-30-47(46-23-17-14-18-24-46)36-58(44)72-60-39-51(71(49-25-19-15-20-26-49)50-27-21-16-22-28-50)31-32-56(60)70-57-40-53-55(69(12,13)43-68(53,10)11)42-61(57)73(63-38-48(65(3,4)5)37-62(72)64(63)70)59-41-54-52(35-45(59)2)66(6,7)33-34-67(54,8)9/h14-32,35-42H,33-34,43H2,1-13H3. The lowest BCUT2D eigenvalue weighted by Crippen LogP contribution is -2.61. The van der Waals surface area contributed by atoms with Gasteiger partial charge in [0.1, 0.15) is 0 Å². The van der Waals surface area contributed by atoms with Gasteiger partial charge in [0, 0.05) is 51.2 Å². The fourth-order valence-electron chi connectivity index (χ4n) is 13.7. The van der Waals surface area contributed by atoms with Crippen LogP contribution in [0.1, 0.15) is 134 Å². The van der Waals surface area contributed by atoms with Crippen LogP contribution in [0.3, 0.4) is 0 Å². The Morgan fingerprint density at radius 1 is 0.411 bits per heavy atom. The van der Waals surface area contributed by atoms with Gasteiger partial charge < -0.3 is 14.7 Å². The number of para-hydroxylation sites is 2. The molecule has 0 atom stereocenters. The summed E-state index contributed by atoms with van der Waals surface area (Å²) in [4.78, 5) is 7.83. The van der Waals surface area contributed by atoms with Gasteiger partial charge in [-0.3, -0.25) is 0 Å². The van der Waals surface area contributed by atoms with E-state index >= 15 is 0 Å². The minimum Gasteiger partial charge on any atom is -0.311 e. The van der Waals surface area contributed by atoms with Crippen LogP contribution in [-0.2, 0) is 27.1 Å². The van der Waals surface area contributed by atoms with Crippen molar-refractivity contribution < 1.29 is 0 Å². The molecule has 73 heavy (non-hydrogen) atoms. The Morgan fingerprint density at radius 3 is 1.48 bits per heavy atom. The molecule has 8 aromatic carbocycles. The number of fused-ring (bicyclic) bond motifs is 6. The summed E-state index contributed by atoms with van der Waals surface area (Å²) in [5.41, 5.74) is 27.3. The third-order valence-electron chi connectivity index (χ3n) is 17.7. The van der Waals surface area contributed by atoms with Crippen molar-refractivity contribution in [1.82, 2.24) is 0 Å². The highest BCUT2D eigenvalue weighted by molar-refractivity contribution is 7.00. The number of hydrogen-bond acceptors (Lipinski definition) is 3. The third kappa shape index (κ3) is 7.52. The van der Waals surface area contributed by atoms with Crippen molar-refractivity contribution in [3.8, 4) is 11.1 Å². The van der Waals surface area contributed by atoms with E-state index in [9.17, 15) is 0 Å². The Hall–Kier alpha value is -6.78. The van der Waals surface area contributed by atoms with Gasteiger partial charge in [0.25, 0.3) is 6.71 Å². The van der Waals surface area contributed by atoms with Gasteiger partial charge in [-0.15, -0.1) is 0 Å². The van der Waals surface area contributed by atoms with Crippen LogP contribution in [0.15, 0.2) is 164 Å². The van der Waals surface area contributed by atoms with Crippen LogP contribution < -0.4 is 31.1 Å². The van der Waals surface area contributed by atoms with Crippen molar-refractivity contribution in [2.75, 3.05) is 14.7 Å². The monoisotopic (exact) mass is 954 g/mol. The first kappa shape index (κ1) is 47.2. The van der Waals surface area contributed by atoms with Gasteiger partial charge in [-0.05, 0) is 193 Å². The molecule has 0 unspecified atom stereocenters. The first-order valence-electron chi connectivity index (χ1n) is 27.0. The highest BCUT2D eigenvalue weighted by atomic mass is 15.2. The number of aryl methyl sites for hydroxylation is 2. The minimum atomic E-state index is -0.153. The fourth-order valence-corrected chi connectivity index (χ4v) is 13.7. The summed E-state index contributed by atoms with van der Waals surface area (Å²) >= 11 is 0. The normalized spacial score (nSPS) is 17.3. The topological polar surface area (TPSA) is 9.72 Å². The summed E-state index contributed by atoms with van der Waals surface area (Å²) in [6.07, 6.45) is 3.46. The number of anilines is 9. The molecule has 0 spiro atoms. The van der Waals surface area contributed by atoms with E-state index in [-0.39, 0.29) is 33.8 Å². The number of nitrogens with zero attached hydrogens (tertiary/aromatic N) is 3. The Bertz CT molecular complexity index is 3460.